The van der Waals surface area contributed by atoms with Crippen molar-refractivity contribution in [2.75, 3.05) is 7.05 Å². The molecule has 0 fully saturated rings. The third-order valence-corrected chi connectivity index (χ3v) is 3.04. The third kappa shape index (κ3) is 3.31. The van der Waals surface area contributed by atoms with Crippen molar-refractivity contribution in [2.45, 2.75) is 6.92 Å². The number of amides is 1. The predicted octanol–water partition coefficient (Wildman–Crippen LogP) is 3.39. The van der Waals surface area contributed by atoms with Gasteiger partial charge in [0.05, 0.1) is 5.69 Å². The number of hydrogen-bond donors (Lipinski definition) is 0. The summed E-state index contributed by atoms with van der Waals surface area (Å²) >= 11 is 0. The number of rotatable bonds is 4. The molecule has 0 aliphatic heterocycles. The van der Waals surface area contributed by atoms with Crippen LogP contribution in [0.3, 0.4) is 0 Å². The first-order chi connectivity index (χ1) is 10.0. The second-order valence-corrected chi connectivity index (χ2v) is 4.60. The van der Waals surface area contributed by atoms with Crippen LogP contribution < -0.4 is 0 Å². The minimum atomic E-state index is -0.675. The average Bonchev–Trinajstić information content (AvgIpc) is 2.45. The van der Waals surface area contributed by atoms with Crippen LogP contribution in [0.1, 0.15) is 11.1 Å². The van der Waals surface area contributed by atoms with E-state index in [-0.39, 0.29) is 5.56 Å². The van der Waals surface area contributed by atoms with E-state index in [9.17, 15) is 13.6 Å². The lowest BCUT2D eigenvalue weighted by Gasteiger charge is -2.10. The van der Waals surface area contributed by atoms with E-state index in [0.717, 1.165) is 11.6 Å². The highest BCUT2D eigenvalue weighted by Gasteiger charge is 2.12. The van der Waals surface area contributed by atoms with Gasteiger partial charge in [0, 0.05) is 36.6 Å². The van der Waals surface area contributed by atoms with E-state index >= 15 is 0 Å². The number of carbonyl (C=O) groups excluding carboxylic acids is 1. The Morgan fingerprint density at radius 3 is 2.67 bits per heavy atom. The first kappa shape index (κ1) is 14.8. The van der Waals surface area contributed by atoms with Crippen molar-refractivity contribution < 1.29 is 13.6 Å². The van der Waals surface area contributed by atoms with Gasteiger partial charge in [-0.15, -0.1) is 0 Å². The van der Waals surface area contributed by atoms with Gasteiger partial charge in [0.25, 0.3) is 0 Å². The van der Waals surface area contributed by atoms with Crippen molar-refractivity contribution in [2.24, 2.45) is 0 Å². The highest BCUT2D eigenvalue weighted by atomic mass is 19.1. The second kappa shape index (κ2) is 6.26. The zero-order valence-electron chi connectivity index (χ0n) is 11.7. The molecule has 0 aliphatic carbocycles. The molecule has 3 nitrogen and oxygen atoms in total. The maximum absolute atomic E-state index is 13.9. The molecule has 0 aliphatic rings. The summed E-state index contributed by atoms with van der Waals surface area (Å²) in [5, 5.41) is 0. The smallest absolute Gasteiger partial charge is 0.213 e. The Hall–Kier alpha value is -2.56. The van der Waals surface area contributed by atoms with E-state index in [4.69, 9.17) is 0 Å². The minimum absolute atomic E-state index is 0.216. The van der Waals surface area contributed by atoms with Gasteiger partial charge < -0.3 is 4.90 Å². The van der Waals surface area contributed by atoms with Gasteiger partial charge in [-0.3, -0.25) is 9.78 Å². The van der Waals surface area contributed by atoms with Gasteiger partial charge in [-0.2, -0.15) is 0 Å². The average molecular weight is 288 g/mol. The largest absolute Gasteiger partial charge is 0.325 e. The molecule has 1 aromatic heterocycles. The lowest BCUT2D eigenvalue weighted by molar-refractivity contribution is -0.114. The van der Waals surface area contributed by atoms with Crippen LogP contribution in [-0.2, 0) is 4.79 Å². The van der Waals surface area contributed by atoms with Gasteiger partial charge in [0.1, 0.15) is 11.6 Å². The molecule has 1 aromatic carbocycles. The first-order valence-corrected chi connectivity index (χ1v) is 6.29. The van der Waals surface area contributed by atoms with Crippen molar-refractivity contribution in [3.63, 3.8) is 0 Å². The topological polar surface area (TPSA) is 33.2 Å². The van der Waals surface area contributed by atoms with Gasteiger partial charge in [0.2, 0.25) is 6.41 Å². The normalized spacial score (nSPS) is 10.9. The van der Waals surface area contributed by atoms with Crippen molar-refractivity contribution in [3.8, 4) is 11.3 Å². The maximum Gasteiger partial charge on any atom is 0.213 e. The molecule has 0 saturated heterocycles. The Morgan fingerprint density at radius 2 is 2.00 bits per heavy atom. The van der Waals surface area contributed by atoms with E-state index in [2.05, 4.69) is 4.98 Å². The quantitative estimate of drug-likeness (QED) is 0.808. The molecule has 21 heavy (non-hydrogen) atoms. The Morgan fingerprint density at radius 1 is 1.24 bits per heavy atom. The van der Waals surface area contributed by atoms with Gasteiger partial charge in [0.15, 0.2) is 0 Å². The number of nitrogens with zero attached hydrogens (tertiary/aromatic N) is 2. The molecule has 2 rings (SSSR count). The van der Waals surface area contributed by atoms with Crippen LogP contribution >= 0.6 is 0 Å². The summed E-state index contributed by atoms with van der Waals surface area (Å²) in [6.07, 6.45) is 5.45. The first-order valence-electron chi connectivity index (χ1n) is 6.29. The van der Waals surface area contributed by atoms with Crippen LogP contribution in [0.2, 0.25) is 0 Å². The third-order valence-electron chi connectivity index (χ3n) is 3.04. The molecule has 0 N–H and O–H groups in total. The van der Waals surface area contributed by atoms with Crippen LogP contribution in [-0.4, -0.2) is 23.3 Å². The highest BCUT2D eigenvalue weighted by Crippen LogP contribution is 2.27. The molecule has 0 bridgehead atoms. The zero-order chi connectivity index (χ0) is 15.4. The van der Waals surface area contributed by atoms with E-state index in [1.54, 1.807) is 31.6 Å². The fraction of sp³-hybridized carbons (Fsp3) is 0.125. The number of benzene rings is 1. The Bertz CT molecular complexity index is 699. The van der Waals surface area contributed by atoms with E-state index < -0.39 is 11.6 Å². The Labute approximate surface area is 121 Å². The summed E-state index contributed by atoms with van der Waals surface area (Å²) in [5.41, 5.74) is 2.17. The number of hydrogen-bond acceptors (Lipinski definition) is 2. The van der Waals surface area contributed by atoms with Crippen LogP contribution in [0.25, 0.3) is 17.3 Å². The molecule has 2 aromatic rings. The number of halogens is 2. The van der Waals surface area contributed by atoms with Crippen molar-refractivity contribution in [3.05, 3.63) is 59.4 Å². The van der Waals surface area contributed by atoms with E-state index in [0.29, 0.717) is 17.7 Å². The summed E-state index contributed by atoms with van der Waals surface area (Å²) in [6, 6.07) is 5.15. The standard InChI is InChI=1S/C16H14F2N2O/c1-11-5-7-19-16(13(11)6-8-20(2)10-21)14-4-3-12(17)9-15(14)18/h3-10H,1-2H3/b8-6-. The van der Waals surface area contributed by atoms with E-state index in [1.165, 1.54) is 17.0 Å². The molecule has 0 unspecified atom stereocenters. The van der Waals surface area contributed by atoms with Crippen molar-refractivity contribution in [1.29, 1.82) is 0 Å². The number of aromatic nitrogens is 1. The predicted molar refractivity (Wildman–Crippen MR) is 77.2 cm³/mol. The Balaban J connectivity index is 2.56. The number of carbonyl (C=O) groups is 1. The maximum atomic E-state index is 13.9. The molecule has 0 spiro atoms. The summed E-state index contributed by atoms with van der Waals surface area (Å²) < 4.78 is 27.0. The SMILES string of the molecule is Cc1ccnc(-c2ccc(F)cc2F)c1/C=C\N(C)C=O. The summed E-state index contributed by atoms with van der Waals surface area (Å²) in [7, 11) is 1.59. The van der Waals surface area contributed by atoms with Crippen LogP contribution in [0, 0.1) is 18.6 Å². The molecule has 0 radical (unpaired) electrons. The Kier molecular flexibility index (Phi) is 4.42. The fourth-order valence-electron chi connectivity index (χ4n) is 1.90. The monoisotopic (exact) mass is 288 g/mol. The van der Waals surface area contributed by atoms with Crippen LogP contribution in [0.5, 0.6) is 0 Å². The van der Waals surface area contributed by atoms with Gasteiger partial charge >= 0.3 is 0 Å². The molecule has 1 amide bonds. The molecule has 1 heterocycles. The summed E-state index contributed by atoms with van der Waals surface area (Å²) in [4.78, 5) is 16.1. The molecule has 0 saturated carbocycles. The summed E-state index contributed by atoms with van der Waals surface area (Å²) in [5.74, 6) is -1.31. The highest BCUT2D eigenvalue weighted by molar-refractivity contribution is 5.74. The van der Waals surface area contributed by atoms with Gasteiger partial charge in [-0.25, -0.2) is 8.78 Å². The molecule has 108 valence electrons. The van der Waals surface area contributed by atoms with Gasteiger partial charge in [-0.1, -0.05) is 0 Å². The molecule has 0 atom stereocenters. The lowest BCUT2D eigenvalue weighted by atomic mass is 10.0. The minimum Gasteiger partial charge on any atom is -0.325 e. The van der Waals surface area contributed by atoms with Crippen LogP contribution in [0.4, 0.5) is 8.78 Å². The van der Waals surface area contributed by atoms with Crippen molar-refractivity contribution in [1.82, 2.24) is 9.88 Å². The van der Waals surface area contributed by atoms with Crippen molar-refractivity contribution >= 4 is 12.5 Å². The summed E-state index contributed by atoms with van der Waals surface area (Å²) in [6.45, 7) is 1.85. The molecular weight excluding hydrogens is 274 g/mol. The molecular formula is C16H14F2N2O. The zero-order valence-corrected chi connectivity index (χ0v) is 11.7. The fourth-order valence-corrected chi connectivity index (χ4v) is 1.90. The lowest BCUT2D eigenvalue weighted by Crippen LogP contribution is -2.06. The second-order valence-electron chi connectivity index (χ2n) is 4.60. The number of aryl methyl sites for hydroxylation is 1. The van der Waals surface area contributed by atoms with Crippen LogP contribution in [0.15, 0.2) is 36.7 Å². The van der Waals surface area contributed by atoms with Gasteiger partial charge in [-0.05, 0) is 36.8 Å². The number of pyridine rings is 1. The van der Waals surface area contributed by atoms with E-state index in [1.807, 2.05) is 6.92 Å². The molecule has 5 heteroatoms.